The van der Waals surface area contributed by atoms with Crippen molar-refractivity contribution in [1.29, 1.82) is 0 Å². The Morgan fingerprint density at radius 3 is 2.63 bits per heavy atom. The van der Waals surface area contributed by atoms with Gasteiger partial charge in [0, 0.05) is 18.7 Å². The molecule has 0 aromatic heterocycles. The Morgan fingerprint density at radius 1 is 1.37 bits per heavy atom. The van der Waals surface area contributed by atoms with Crippen LogP contribution in [0.5, 0.6) is 0 Å². The summed E-state index contributed by atoms with van der Waals surface area (Å²) >= 11 is 1.58. The molecule has 4 nitrogen and oxygen atoms in total. The van der Waals surface area contributed by atoms with Crippen LogP contribution in [0.3, 0.4) is 0 Å². The van der Waals surface area contributed by atoms with E-state index in [-0.39, 0.29) is 6.54 Å². The molecule has 0 unspecified atom stereocenters. The SMILES string of the molecule is CSCCCNS(=O)(=O)c1ccc(F)c(CN)c1F. The fourth-order valence-corrected chi connectivity index (χ4v) is 3.08. The molecule has 0 amide bonds. The fourth-order valence-electron chi connectivity index (χ4n) is 1.47. The Morgan fingerprint density at radius 2 is 2.05 bits per heavy atom. The maximum Gasteiger partial charge on any atom is 0.243 e. The maximum atomic E-state index is 13.9. The van der Waals surface area contributed by atoms with E-state index in [1.54, 1.807) is 11.8 Å². The second-order valence-corrected chi connectivity index (χ2v) is 6.51. The van der Waals surface area contributed by atoms with Gasteiger partial charge in [-0.1, -0.05) is 0 Å². The highest BCUT2D eigenvalue weighted by Gasteiger charge is 2.22. The Kier molecular flexibility index (Phi) is 6.18. The van der Waals surface area contributed by atoms with Crippen molar-refractivity contribution in [3.8, 4) is 0 Å². The van der Waals surface area contributed by atoms with Crippen molar-refractivity contribution in [3.63, 3.8) is 0 Å². The third-order valence-electron chi connectivity index (χ3n) is 2.46. The van der Waals surface area contributed by atoms with Gasteiger partial charge in [-0.15, -0.1) is 0 Å². The lowest BCUT2D eigenvalue weighted by molar-refractivity contribution is 0.525. The molecule has 1 rings (SSSR count). The van der Waals surface area contributed by atoms with Gasteiger partial charge < -0.3 is 5.73 Å². The third-order valence-corrected chi connectivity index (χ3v) is 4.64. The minimum atomic E-state index is -3.98. The van der Waals surface area contributed by atoms with E-state index in [0.717, 1.165) is 17.9 Å². The molecule has 0 heterocycles. The van der Waals surface area contributed by atoms with Crippen LogP contribution in [0.4, 0.5) is 8.78 Å². The Labute approximate surface area is 115 Å². The van der Waals surface area contributed by atoms with E-state index >= 15 is 0 Å². The lowest BCUT2D eigenvalue weighted by Gasteiger charge is -2.10. The first-order valence-corrected chi connectivity index (χ1v) is 8.47. The molecule has 1 aromatic rings. The Bertz CT molecular complexity index is 536. The smallest absolute Gasteiger partial charge is 0.243 e. The predicted octanol–water partition coefficient (Wildman–Crippen LogP) is 1.45. The molecule has 0 radical (unpaired) electrons. The van der Waals surface area contributed by atoms with Crippen LogP contribution in [0.2, 0.25) is 0 Å². The molecule has 8 heteroatoms. The zero-order valence-corrected chi connectivity index (χ0v) is 12.1. The van der Waals surface area contributed by atoms with Crippen LogP contribution < -0.4 is 10.5 Å². The summed E-state index contributed by atoms with van der Waals surface area (Å²) in [4.78, 5) is -0.571. The number of thioether (sulfide) groups is 1. The van der Waals surface area contributed by atoms with Crippen LogP contribution >= 0.6 is 11.8 Å². The number of rotatable bonds is 7. The zero-order chi connectivity index (χ0) is 14.5. The highest BCUT2D eigenvalue weighted by Crippen LogP contribution is 2.20. The first-order valence-electron chi connectivity index (χ1n) is 5.59. The number of hydrogen-bond donors (Lipinski definition) is 2. The molecule has 108 valence electrons. The van der Waals surface area contributed by atoms with Crippen molar-refractivity contribution < 1.29 is 17.2 Å². The normalized spacial score (nSPS) is 11.8. The summed E-state index contributed by atoms with van der Waals surface area (Å²) < 4.78 is 53.1. The Balaban J connectivity index is 2.96. The number of benzene rings is 1. The van der Waals surface area contributed by atoms with Crippen LogP contribution in [-0.4, -0.2) is 27.0 Å². The molecule has 0 saturated carbocycles. The van der Waals surface area contributed by atoms with Crippen molar-refractivity contribution in [3.05, 3.63) is 29.3 Å². The van der Waals surface area contributed by atoms with E-state index in [9.17, 15) is 17.2 Å². The van der Waals surface area contributed by atoms with E-state index in [1.165, 1.54) is 0 Å². The minimum Gasteiger partial charge on any atom is -0.326 e. The molecule has 0 saturated heterocycles. The summed E-state index contributed by atoms with van der Waals surface area (Å²) in [6.07, 6.45) is 2.54. The lowest BCUT2D eigenvalue weighted by Crippen LogP contribution is -2.26. The Hall–Kier alpha value is -0.700. The van der Waals surface area contributed by atoms with Gasteiger partial charge >= 0.3 is 0 Å². The van der Waals surface area contributed by atoms with Crippen molar-refractivity contribution >= 4 is 21.8 Å². The summed E-state index contributed by atoms with van der Waals surface area (Å²) in [5, 5.41) is 0. The molecule has 0 aliphatic rings. The monoisotopic (exact) mass is 310 g/mol. The molecule has 3 N–H and O–H groups in total. The van der Waals surface area contributed by atoms with E-state index in [2.05, 4.69) is 4.72 Å². The highest BCUT2D eigenvalue weighted by molar-refractivity contribution is 7.98. The van der Waals surface area contributed by atoms with Crippen LogP contribution in [0.1, 0.15) is 12.0 Å². The quantitative estimate of drug-likeness (QED) is 0.748. The van der Waals surface area contributed by atoms with Crippen LogP contribution in [0.15, 0.2) is 17.0 Å². The molecular formula is C11H16F2N2O2S2. The third kappa shape index (κ3) is 4.13. The average molecular weight is 310 g/mol. The molecular weight excluding hydrogens is 294 g/mol. The lowest BCUT2D eigenvalue weighted by atomic mass is 10.2. The number of nitrogens with two attached hydrogens (primary N) is 1. The molecule has 0 bridgehead atoms. The number of halogens is 2. The van der Waals surface area contributed by atoms with Gasteiger partial charge in [-0.2, -0.15) is 11.8 Å². The van der Waals surface area contributed by atoms with Crippen LogP contribution in [0, 0.1) is 11.6 Å². The molecule has 0 spiro atoms. The predicted molar refractivity (Wildman–Crippen MR) is 72.4 cm³/mol. The largest absolute Gasteiger partial charge is 0.326 e. The molecule has 19 heavy (non-hydrogen) atoms. The van der Waals surface area contributed by atoms with E-state index in [0.29, 0.717) is 6.42 Å². The number of nitrogens with one attached hydrogen (secondary N) is 1. The molecule has 0 atom stereocenters. The highest BCUT2D eigenvalue weighted by atomic mass is 32.2. The average Bonchev–Trinajstić information content (AvgIpc) is 2.35. The van der Waals surface area contributed by atoms with Crippen molar-refractivity contribution in [1.82, 2.24) is 4.72 Å². The van der Waals surface area contributed by atoms with Gasteiger partial charge in [-0.25, -0.2) is 21.9 Å². The van der Waals surface area contributed by atoms with E-state index < -0.39 is 38.7 Å². The van der Waals surface area contributed by atoms with Crippen LogP contribution in [0.25, 0.3) is 0 Å². The molecule has 0 aliphatic carbocycles. The maximum absolute atomic E-state index is 13.9. The standard InChI is InChI=1S/C11H16F2N2O2S2/c1-18-6-2-5-15-19(16,17)10-4-3-9(12)8(7-14)11(10)13/h3-4,15H,2,5-7,14H2,1H3. The molecule has 0 aliphatic heterocycles. The van der Waals surface area contributed by atoms with Gasteiger partial charge in [-0.3, -0.25) is 0 Å². The van der Waals surface area contributed by atoms with Gasteiger partial charge in [0.25, 0.3) is 0 Å². The summed E-state index contributed by atoms with van der Waals surface area (Å²) in [6.45, 7) is -0.189. The zero-order valence-electron chi connectivity index (χ0n) is 10.4. The van der Waals surface area contributed by atoms with Gasteiger partial charge in [0.1, 0.15) is 10.7 Å². The summed E-state index contributed by atoms with van der Waals surface area (Å²) in [6, 6.07) is 1.81. The van der Waals surface area contributed by atoms with Crippen molar-refractivity contribution in [2.24, 2.45) is 5.73 Å². The summed E-state index contributed by atoms with van der Waals surface area (Å²) in [7, 11) is -3.98. The van der Waals surface area contributed by atoms with Gasteiger partial charge in [0.05, 0.1) is 0 Å². The molecule has 1 aromatic carbocycles. The van der Waals surface area contributed by atoms with E-state index in [4.69, 9.17) is 5.73 Å². The number of hydrogen-bond acceptors (Lipinski definition) is 4. The first kappa shape index (κ1) is 16.4. The number of sulfonamides is 1. The summed E-state index contributed by atoms with van der Waals surface area (Å²) in [5.74, 6) is -1.18. The van der Waals surface area contributed by atoms with E-state index in [1.807, 2.05) is 6.26 Å². The van der Waals surface area contributed by atoms with Gasteiger partial charge in [-0.05, 0) is 30.6 Å². The van der Waals surface area contributed by atoms with Gasteiger partial charge in [0.2, 0.25) is 10.0 Å². The van der Waals surface area contributed by atoms with Gasteiger partial charge in [0.15, 0.2) is 5.82 Å². The van der Waals surface area contributed by atoms with Crippen molar-refractivity contribution in [2.45, 2.75) is 17.9 Å². The fraction of sp³-hybridized carbons (Fsp3) is 0.455. The van der Waals surface area contributed by atoms with Crippen molar-refractivity contribution in [2.75, 3.05) is 18.6 Å². The second-order valence-electron chi connectivity index (χ2n) is 3.79. The minimum absolute atomic E-state index is 0.206. The molecule has 0 fully saturated rings. The second kappa shape index (κ2) is 7.18. The summed E-state index contributed by atoms with van der Waals surface area (Å²) in [5.41, 5.74) is 4.78. The van der Waals surface area contributed by atoms with Crippen LogP contribution in [-0.2, 0) is 16.6 Å². The first-order chi connectivity index (χ1) is 8.94. The topological polar surface area (TPSA) is 72.2 Å².